The first-order chi connectivity index (χ1) is 5.05. The Hall–Kier alpha value is -1.46. The van der Waals surface area contributed by atoms with Crippen LogP contribution in [0, 0.1) is 0 Å². The zero-order valence-corrected chi connectivity index (χ0v) is 5.21. The second-order valence-corrected chi connectivity index (χ2v) is 1.82. The first kappa shape index (κ1) is 7.64. The van der Waals surface area contributed by atoms with E-state index in [-0.39, 0.29) is 0 Å². The average molecular weight is 162 g/mol. The minimum Gasteiger partial charge on any atom is -0.476 e. The van der Waals surface area contributed by atoms with Gasteiger partial charge in [0.05, 0.1) is 0 Å². The van der Waals surface area contributed by atoms with Crippen LogP contribution < -0.4 is 0 Å². The van der Waals surface area contributed by atoms with E-state index < -0.39 is 17.7 Å². The molecule has 2 N–H and O–H groups in total. The summed E-state index contributed by atoms with van der Waals surface area (Å²) in [5.41, 5.74) is 0. The van der Waals surface area contributed by atoms with Gasteiger partial charge < -0.3 is 10.1 Å². The van der Waals surface area contributed by atoms with Crippen molar-refractivity contribution < 1.29 is 18.7 Å². The molecule has 0 aliphatic carbocycles. The van der Waals surface area contributed by atoms with Gasteiger partial charge in [-0.05, 0) is 0 Å². The van der Waals surface area contributed by atoms with Gasteiger partial charge in [-0.25, -0.2) is 9.78 Å². The maximum atomic E-state index is 12.4. The van der Waals surface area contributed by atoms with Crippen LogP contribution in [0.4, 0.5) is 8.78 Å². The van der Waals surface area contributed by atoms with Crippen molar-refractivity contribution >= 4 is 5.97 Å². The van der Waals surface area contributed by atoms with Crippen LogP contribution in [-0.4, -0.2) is 21.0 Å². The molecular formula is C5H4F2N2O2. The van der Waals surface area contributed by atoms with E-state index in [1.807, 2.05) is 4.98 Å². The number of carbonyl (C=O) groups is 1. The number of hydrogen-bond donors (Lipinski definition) is 2. The van der Waals surface area contributed by atoms with Crippen LogP contribution >= 0.6 is 0 Å². The number of imidazole rings is 1. The van der Waals surface area contributed by atoms with E-state index in [9.17, 15) is 13.6 Å². The molecule has 0 amide bonds. The predicted octanol–water partition coefficient (Wildman–Crippen LogP) is 0.586. The zero-order chi connectivity index (χ0) is 8.48. The molecule has 60 valence electrons. The molecule has 4 nitrogen and oxygen atoms in total. The second-order valence-electron chi connectivity index (χ2n) is 1.82. The Bertz CT molecular complexity index is 257. The lowest BCUT2D eigenvalue weighted by molar-refractivity contribution is -0.167. The quantitative estimate of drug-likeness (QED) is 0.668. The number of halogens is 2. The lowest BCUT2D eigenvalue weighted by atomic mass is 10.3. The lowest BCUT2D eigenvalue weighted by Crippen LogP contribution is -2.26. The van der Waals surface area contributed by atoms with Gasteiger partial charge in [-0.15, -0.1) is 0 Å². The summed E-state index contributed by atoms with van der Waals surface area (Å²) in [5, 5.41) is 8.00. The molecule has 0 aromatic carbocycles. The summed E-state index contributed by atoms with van der Waals surface area (Å²) in [5.74, 6) is -7.00. The Morgan fingerprint density at radius 3 is 2.73 bits per heavy atom. The summed E-state index contributed by atoms with van der Waals surface area (Å²) in [6, 6.07) is 0. The van der Waals surface area contributed by atoms with Gasteiger partial charge in [0.15, 0.2) is 5.82 Å². The van der Waals surface area contributed by atoms with Gasteiger partial charge in [0.25, 0.3) is 0 Å². The molecule has 0 spiro atoms. The monoisotopic (exact) mass is 162 g/mol. The highest BCUT2D eigenvalue weighted by atomic mass is 19.3. The molecule has 0 fully saturated rings. The zero-order valence-electron chi connectivity index (χ0n) is 5.21. The number of aliphatic carboxylic acids is 1. The van der Waals surface area contributed by atoms with E-state index in [0.29, 0.717) is 0 Å². The molecule has 1 rings (SSSR count). The third-order valence-electron chi connectivity index (χ3n) is 1.06. The van der Waals surface area contributed by atoms with Gasteiger partial charge >= 0.3 is 11.9 Å². The van der Waals surface area contributed by atoms with E-state index >= 15 is 0 Å². The first-order valence-electron chi connectivity index (χ1n) is 2.66. The number of aromatic nitrogens is 2. The first-order valence-corrected chi connectivity index (χ1v) is 2.66. The number of carboxylic acid groups (broad SMARTS) is 1. The van der Waals surface area contributed by atoms with Crippen LogP contribution in [0.5, 0.6) is 0 Å². The molecule has 0 aliphatic heterocycles. The molecule has 0 unspecified atom stereocenters. The van der Waals surface area contributed by atoms with Gasteiger partial charge in [-0.3, -0.25) is 0 Å². The molecule has 0 atom stereocenters. The topological polar surface area (TPSA) is 66.0 Å². The molecule has 0 saturated carbocycles. The van der Waals surface area contributed by atoms with Gasteiger partial charge in [0, 0.05) is 12.4 Å². The number of nitrogens with one attached hydrogen (secondary N) is 1. The summed E-state index contributed by atoms with van der Waals surface area (Å²) >= 11 is 0. The number of hydrogen-bond acceptors (Lipinski definition) is 2. The minimum absolute atomic E-state index is 0.856. The molecule has 11 heavy (non-hydrogen) atoms. The van der Waals surface area contributed by atoms with Crippen LogP contribution in [-0.2, 0) is 10.7 Å². The van der Waals surface area contributed by atoms with Crippen molar-refractivity contribution in [1.29, 1.82) is 0 Å². The third-order valence-corrected chi connectivity index (χ3v) is 1.06. The third kappa shape index (κ3) is 1.19. The highest BCUT2D eigenvalue weighted by Gasteiger charge is 2.43. The average Bonchev–Trinajstić information content (AvgIpc) is 2.37. The maximum absolute atomic E-state index is 12.4. The van der Waals surface area contributed by atoms with Crippen LogP contribution in [0.1, 0.15) is 5.82 Å². The van der Waals surface area contributed by atoms with Gasteiger partial charge in [0.1, 0.15) is 0 Å². The van der Waals surface area contributed by atoms with Crippen LogP contribution in [0.25, 0.3) is 0 Å². The fourth-order valence-corrected chi connectivity index (χ4v) is 0.538. The van der Waals surface area contributed by atoms with Crippen LogP contribution in [0.2, 0.25) is 0 Å². The lowest BCUT2D eigenvalue weighted by Gasteiger charge is -2.05. The van der Waals surface area contributed by atoms with Crippen molar-refractivity contribution in [1.82, 2.24) is 9.97 Å². The highest BCUT2D eigenvalue weighted by Crippen LogP contribution is 2.24. The molecule has 1 aromatic heterocycles. The Kier molecular flexibility index (Phi) is 1.60. The maximum Gasteiger partial charge on any atom is 0.399 e. The highest BCUT2D eigenvalue weighted by molar-refractivity contribution is 5.75. The Morgan fingerprint density at radius 2 is 2.36 bits per heavy atom. The minimum atomic E-state index is -3.93. The molecule has 6 heteroatoms. The fraction of sp³-hybridized carbons (Fsp3) is 0.200. The van der Waals surface area contributed by atoms with Crippen molar-refractivity contribution in [3.63, 3.8) is 0 Å². The van der Waals surface area contributed by atoms with E-state index in [0.717, 1.165) is 12.4 Å². The van der Waals surface area contributed by atoms with Crippen molar-refractivity contribution in [2.24, 2.45) is 0 Å². The molecule has 0 aliphatic rings. The van der Waals surface area contributed by atoms with Gasteiger partial charge in [-0.1, -0.05) is 0 Å². The summed E-state index contributed by atoms with van der Waals surface area (Å²) in [6.07, 6.45) is 2.19. The number of alkyl halides is 2. The fourth-order valence-electron chi connectivity index (χ4n) is 0.538. The molecule has 0 bridgehead atoms. The summed E-state index contributed by atoms with van der Waals surface area (Å²) in [7, 11) is 0. The van der Waals surface area contributed by atoms with Gasteiger partial charge in [0.2, 0.25) is 0 Å². The molecule has 1 aromatic rings. The second kappa shape index (κ2) is 2.30. The number of H-pyrrole nitrogens is 1. The SMILES string of the molecule is O=C(O)C(F)(F)c1ncc[nH]1. The smallest absolute Gasteiger partial charge is 0.399 e. The Morgan fingerprint density at radius 1 is 1.73 bits per heavy atom. The van der Waals surface area contributed by atoms with Crippen LogP contribution in [0.3, 0.4) is 0 Å². The van der Waals surface area contributed by atoms with Gasteiger partial charge in [-0.2, -0.15) is 8.78 Å². The molecule has 0 saturated heterocycles. The van der Waals surface area contributed by atoms with E-state index in [1.54, 1.807) is 0 Å². The normalized spacial score (nSPS) is 11.5. The van der Waals surface area contributed by atoms with Crippen LogP contribution in [0.15, 0.2) is 12.4 Å². The van der Waals surface area contributed by atoms with Crippen molar-refractivity contribution in [2.75, 3.05) is 0 Å². The number of carboxylic acids is 1. The molecular weight excluding hydrogens is 158 g/mol. The Balaban J connectivity index is 3.00. The summed E-state index contributed by atoms with van der Waals surface area (Å²) in [4.78, 5) is 15.0. The summed E-state index contributed by atoms with van der Waals surface area (Å²) < 4.78 is 24.8. The summed E-state index contributed by atoms with van der Waals surface area (Å²) in [6.45, 7) is 0. The number of nitrogens with zero attached hydrogens (tertiary/aromatic N) is 1. The largest absolute Gasteiger partial charge is 0.476 e. The number of rotatable bonds is 2. The van der Waals surface area contributed by atoms with Crippen molar-refractivity contribution in [3.8, 4) is 0 Å². The predicted molar refractivity (Wildman–Crippen MR) is 30.1 cm³/mol. The molecule has 1 heterocycles. The van der Waals surface area contributed by atoms with Crippen molar-refractivity contribution in [2.45, 2.75) is 5.92 Å². The standard InChI is InChI=1S/C5H4F2N2O2/c6-5(7,4(10)11)3-8-1-2-9-3/h1-2H,(H,8,9)(H,10,11). The Labute approximate surface area is 59.9 Å². The van der Waals surface area contributed by atoms with E-state index in [2.05, 4.69) is 4.98 Å². The van der Waals surface area contributed by atoms with E-state index in [4.69, 9.17) is 5.11 Å². The molecule has 0 radical (unpaired) electrons. The van der Waals surface area contributed by atoms with E-state index in [1.165, 1.54) is 0 Å². The van der Waals surface area contributed by atoms with Crippen molar-refractivity contribution in [3.05, 3.63) is 18.2 Å². The number of aromatic amines is 1.